The highest BCUT2D eigenvalue weighted by molar-refractivity contribution is 5.80. The van der Waals surface area contributed by atoms with Crippen LogP contribution in [-0.4, -0.2) is 31.7 Å². The van der Waals surface area contributed by atoms with Crippen molar-refractivity contribution in [1.82, 2.24) is 5.32 Å². The molecule has 4 nitrogen and oxygen atoms in total. The Morgan fingerprint density at radius 2 is 2.07 bits per heavy atom. The Balaban J connectivity index is 2.17. The fourth-order valence-electron chi connectivity index (χ4n) is 1.89. The number of rotatable bonds is 4. The summed E-state index contributed by atoms with van der Waals surface area (Å²) in [5.41, 5.74) is 5.82. The lowest BCUT2D eigenvalue weighted by atomic mass is 9.86. The van der Waals surface area contributed by atoms with Crippen molar-refractivity contribution in [2.24, 2.45) is 11.7 Å². The van der Waals surface area contributed by atoms with Gasteiger partial charge in [-0.1, -0.05) is 0 Å². The first-order valence-corrected chi connectivity index (χ1v) is 5.69. The molecule has 1 fully saturated rings. The van der Waals surface area contributed by atoms with Crippen LogP contribution in [0.4, 0.5) is 0 Å². The SMILES string of the molecule is COC(C)C(=O)NCC1CCC(N)CC1. The summed E-state index contributed by atoms with van der Waals surface area (Å²) in [7, 11) is 1.55. The number of ether oxygens (including phenoxy) is 1. The molecule has 0 aromatic carbocycles. The predicted molar refractivity (Wildman–Crippen MR) is 59.4 cm³/mol. The maximum absolute atomic E-state index is 11.4. The fourth-order valence-corrected chi connectivity index (χ4v) is 1.89. The second-order valence-corrected chi connectivity index (χ2v) is 4.40. The standard InChI is InChI=1S/C11H22N2O2/c1-8(15-2)11(14)13-7-9-3-5-10(12)6-4-9/h8-10H,3-7,12H2,1-2H3,(H,13,14). The number of hydrogen-bond donors (Lipinski definition) is 2. The quantitative estimate of drug-likeness (QED) is 0.722. The molecule has 0 radical (unpaired) electrons. The van der Waals surface area contributed by atoms with Gasteiger partial charge in [0.15, 0.2) is 0 Å². The molecule has 15 heavy (non-hydrogen) atoms. The monoisotopic (exact) mass is 214 g/mol. The summed E-state index contributed by atoms with van der Waals surface area (Å²) >= 11 is 0. The van der Waals surface area contributed by atoms with Crippen LogP contribution in [0.15, 0.2) is 0 Å². The minimum atomic E-state index is -0.351. The fraction of sp³-hybridized carbons (Fsp3) is 0.909. The van der Waals surface area contributed by atoms with Crippen molar-refractivity contribution in [2.75, 3.05) is 13.7 Å². The van der Waals surface area contributed by atoms with Gasteiger partial charge in [-0.15, -0.1) is 0 Å². The van der Waals surface area contributed by atoms with Crippen LogP contribution < -0.4 is 11.1 Å². The minimum Gasteiger partial charge on any atom is -0.372 e. The lowest BCUT2D eigenvalue weighted by molar-refractivity contribution is -0.130. The Morgan fingerprint density at radius 1 is 1.47 bits per heavy atom. The molecule has 0 saturated heterocycles. The van der Waals surface area contributed by atoms with Crippen molar-refractivity contribution in [3.05, 3.63) is 0 Å². The minimum absolute atomic E-state index is 0.0210. The van der Waals surface area contributed by atoms with Crippen molar-refractivity contribution in [3.63, 3.8) is 0 Å². The lowest BCUT2D eigenvalue weighted by Crippen LogP contribution is -2.38. The van der Waals surface area contributed by atoms with E-state index in [2.05, 4.69) is 5.32 Å². The second kappa shape index (κ2) is 6.08. The zero-order valence-electron chi connectivity index (χ0n) is 9.66. The van der Waals surface area contributed by atoms with E-state index in [4.69, 9.17) is 10.5 Å². The molecule has 3 N–H and O–H groups in total. The topological polar surface area (TPSA) is 64.3 Å². The summed E-state index contributed by atoms with van der Waals surface area (Å²) in [6.45, 7) is 2.52. The van der Waals surface area contributed by atoms with Gasteiger partial charge in [-0.2, -0.15) is 0 Å². The van der Waals surface area contributed by atoms with Gasteiger partial charge in [0.2, 0.25) is 5.91 Å². The van der Waals surface area contributed by atoms with Crippen LogP contribution in [0.1, 0.15) is 32.6 Å². The van der Waals surface area contributed by atoms with Crippen molar-refractivity contribution in [2.45, 2.75) is 44.8 Å². The molecule has 0 aromatic heterocycles. The summed E-state index contributed by atoms with van der Waals surface area (Å²) in [5, 5.41) is 2.91. The Kier molecular flexibility index (Phi) is 5.05. The van der Waals surface area contributed by atoms with Crippen molar-refractivity contribution >= 4 is 5.91 Å². The van der Waals surface area contributed by atoms with E-state index in [0.29, 0.717) is 12.0 Å². The molecule has 1 amide bonds. The largest absolute Gasteiger partial charge is 0.372 e. The zero-order valence-corrected chi connectivity index (χ0v) is 9.66. The average Bonchev–Trinajstić information content (AvgIpc) is 2.26. The Morgan fingerprint density at radius 3 is 2.60 bits per heavy atom. The first-order valence-electron chi connectivity index (χ1n) is 5.69. The van der Waals surface area contributed by atoms with Gasteiger partial charge in [-0.25, -0.2) is 0 Å². The third-order valence-corrected chi connectivity index (χ3v) is 3.18. The van der Waals surface area contributed by atoms with E-state index >= 15 is 0 Å². The molecule has 0 bridgehead atoms. The van der Waals surface area contributed by atoms with E-state index in [1.807, 2.05) is 0 Å². The van der Waals surface area contributed by atoms with Gasteiger partial charge in [-0.05, 0) is 38.5 Å². The van der Waals surface area contributed by atoms with Crippen LogP contribution in [0.25, 0.3) is 0 Å². The maximum Gasteiger partial charge on any atom is 0.248 e. The number of methoxy groups -OCH3 is 1. The summed E-state index contributed by atoms with van der Waals surface area (Å²) in [5.74, 6) is 0.574. The molecule has 1 unspecified atom stereocenters. The van der Waals surface area contributed by atoms with Crippen molar-refractivity contribution < 1.29 is 9.53 Å². The number of amides is 1. The highest BCUT2D eigenvalue weighted by Gasteiger charge is 2.19. The number of hydrogen-bond acceptors (Lipinski definition) is 3. The molecule has 1 saturated carbocycles. The van der Waals surface area contributed by atoms with Gasteiger partial charge in [0.05, 0.1) is 0 Å². The van der Waals surface area contributed by atoms with Crippen LogP contribution in [0.3, 0.4) is 0 Å². The molecule has 0 aliphatic heterocycles. The second-order valence-electron chi connectivity index (χ2n) is 4.40. The predicted octanol–water partition coefficient (Wildman–Crippen LogP) is 0.655. The highest BCUT2D eigenvalue weighted by atomic mass is 16.5. The number of nitrogens with two attached hydrogens (primary N) is 1. The molecule has 1 atom stereocenters. The van der Waals surface area contributed by atoms with Gasteiger partial charge < -0.3 is 15.8 Å². The number of carbonyl (C=O) groups excluding carboxylic acids is 1. The average molecular weight is 214 g/mol. The van der Waals surface area contributed by atoms with Crippen molar-refractivity contribution in [1.29, 1.82) is 0 Å². The van der Waals surface area contributed by atoms with Crippen LogP contribution in [-0.2, 0) is 9.53 Å². The molecule has 1 rings (SSSR count). The molecule has 1 aliphatic carbocycles. The molecular formula is C11H22N2O2. The molecule has 4 heteroatoms. The number of carbonyl (C=O) groups is 1. The summed E-state index contributed by atoms with van der Waals surface area (Å²) < 4.78 is 4.94. The highest BCUT2D eigenvalue weighted by Crippen LogP contribution is 2.22. The normalized spacial score (nSPS) is 28.5. The molecular weight excluding hydrogens is 192 g/mol. The molecule has 0 spiro atoms. The zero-order chi connectivity index (χ0) is 11.3. The molecule has 1 aliphatic rings. The Labute approximate surface area is 91.5 Å². The first kappa shape index (κ1) is 12.5. The van der Waals surface area contributed by atoms with E-state index in [9.17, 15) is 4.79 Å². The number of nitrogens with one attached hydrogen (secondary N) is 1. The lowest BCUT2D eigenvalue weighted by Gasteiger charge is -2.26. The van der Waals surface area contributed by atoms with Gasteiger partial charge in [0.25, 0.3) is 0 Å². The Bertz CT molecular complexity index is 201. The molecule has 0 aromatic rings. The van der Waals surface area contributed by atoms with Crippen LogP contribution in [0.2, 0.25) is 0 Å². The van der Waals surface area contributed by atoms with Gasteiger partial charge in [-0.3, -0.25) is 4.79 Å². The first-order chi connectivity index (χ1) is 7.13. The third kappa shape index (κ3) is 4.18. The van der Waals surface area contributed by atoms with E-state index in [0.717, 1.165) is 32.2 Å². The Hall–Kier alpha value is -0.610. The van der Waals surface area contributed by atoms with Gasteiger partial charge >= 0.3 is 0 Å². The van der Waals surface area contributed by atoms with Crippen LogP contribution in [0.5, 0.6) is 0 Å². The summed E-state index contributed by atoms with van der Waals surface area (Å²) in [6.07, 6.45) is 4.07. The van der Waals surface area contributed by atoms with E-state index in [1.165, 1.54) is 0 Å². The van der Waals surface area contributed by atoms with E-state index < -0.39 is 0 Å². The molecule has 88 valence electrons. The molecule has 0 heterocycles. The summed E-state index contributed by atoms with van der Waals surface area (Å²) in [6, 6.07) is 0.370. The van der Waals surface area contributed by atoms with E-state index in [1.54, 1.807) is 14.0 Å². The van der Waals surface area contributed by atoms with Crippen molar-refractivity contribution in [3.8, 4) is 0 Å². The third-order valence-electron chi connectivity index (χ3n) is 3.18. The van der Waals surface area contributed by atoms with Crippen LogP contribution in [0, 0.1) is 5.92 Å². The van der Waals surface area contributed by atoms with Gasteiger partial charge in [0.1, 0.15) is 6.10 Å². The maximum atomic E-state index is 11.4. The van der Waals surface area contributed by atoms with Gasteiger partial charge in [0, 0.05) is 19.7 Å². The summed E-state index contributed by atoms with van der Waals surface area (Å²) in [4.78, 5) is 11.4. The smallest absolute Gasteiger partial charge is 0.248 e. The van der Waals surface area contributed by atoms with Crippen LogP contribution >= 0.6 is 0 Å². The van der Waals surface area contributed by atoms with E-state index in [-0.39, 0.29) is 12.0 Å².